The fourth-order valence-corrected chi connectivity index (χ4v) is 7.69. The molecule has 6 nitrogen and oxygen atoms in total. The number of carbonyl (C=O) groups is 3. The topological polar surface area (TPSA) is 78.9 Å². The van der Waals surface area contributed by atoms with Gasteiger partial charge < -0.3 is 14.2 Å². The van der Waals surface area contributed by atoms with E-state index in [1.54, 1.807) is 0 Å². The molecule has 0 bridgehead atoms. The summed E-state index contributed by atoms with van der Waals surface area (Å²) in [4.78, 5) is 38.1. The summed E-state index contributed by atoms with van der Waals surface area (Å²) in [5.41, 5.74) is 0. The van der Waals surface area contributed by atoms with Gasteiger partial charge in [-0.25, -0.2) is 0 Å². The van der Waals surface area contributed by atoms with Crippen LogP contribution in [0.5, 0.6) is 0 Å². The molecule has 0 saturated heterocycles. The molecule has 0 heterocycles. The molecule has 0 spiro atoms. The highest BCUT2D eigenvalue weighted by Crippen LogP contribution is 2.16. The first-order chi connectivity index (χ1) is 35.0. The van der Waals surface area contributed by atoms with Gasteiger partial charge in [0.15, 0.2) is 6.10 Å². The molecule has 0 amide bonds. The fourth-order valence-electron chi connectivity index (χ4n) is 7.69. The first-order valence-corrected chi connectivity index (χ1v) is 29.0. The Hall–Kier alpha value is -4.19. The van der Waals surface area contributed by atoms with Crippen LogP contribution in [0.2, 0.25) is 0 Å². The third-order valence-electron chi connectivity index (χ3n) is 12.0. The van der Waals surface area contributed by atoms with Gasteiger partial charge in [-0.15, -0.1) is 0 Å². The molecule has 0 aliphatic heterocycles. The Labute approximate surface area is 437 Å². The maximum Gasteiger partial charge on any atom is 0.306 e. The number of ether oxygens (including phenoxy) is 3. The Kier molecular flexibility index (Phi) is 54.9. The minimum atomic E-state index is -0.833. The van der Waals surface area contributed by atoms with Gasteiger partial charge in [0.1, 0.15) is 13.2 Å². The number of allylic oxidation sites excluding steroid dienone is 20. The zero-order valence-corrected chi connectivity index (χ0v) is 45.9. The van der Waals surface area contributed by atoms with Gasteiger partial charge in [-0.1, -0.05) is 258 Å². The largest absolute Gasteiger partial charge is 0.462 e. The van der Waals surface area contributed by atoms with E-state index >= 15 is 0 Å². The van der Waals surface area contributed by atoms with Crippen LogP contribution in [0.15, 0.2) is 122 Å². The third kappa shape index (κ3) is 56.6. The SMILES string of the molecule is CC/C=C\C/C=C\C/C=C\C/C=C\C/C=C\C/C=C\CCC(=O)OC[C@H](COC(=O)CCCCCCCCCCCCCCCCCCCCC)OC(=O)CCCC/C=C\C/C=C\C/C=C\C/C=C\CC. The second kappa shape index (κ2) is 58.4. The Morgan fingerprint density at radius 1 is 0.296 bits per heavy atom. The molecule has 0 aliphatic carbocycles. The van der Waals surface area contributed by atoms with Crippen LogP contribution in [-0.4, -0.2) is 37.2 Å². The molecule has 0 aromatic rings. The lowest BCUT2D eigenvalue weighted by Crippen LogP contribution is -2.30. The van der Waals surface area contributed by atoms with E-state index in [0.717, 1.165) is 96.3 Å². The van der Waals surface area contributed by atoms with Crippen LogP contribution in [0.25, 0.3) is 0 Å². The summed E-state index contributed by atoms with van der Waals surface area (Å²) in [6, 6.07) is 0. The highest BCUT2D eigenvalue weighted by molar-refractivity contribution is 5.71. The molecule has 0 aliphatic rings. The van der Waals surface area contributed by atoms with Crippen molar-refractivity contribution in [2.45, 2.75) is 258 Å². The zero-order chi connectivity index (χ0) is 51.4. The summed E-state index contributed by atoms with van der Waals surface area (Å²) in [7, 11) is 0. The van der Waals surface area contributed by atoms with Crippen molar-refractivity contribution in [3.05, 3.63) is 122 Å². The molecule has 0 aromatic carbocycles. The Morgan fingerprint density at radius 2 is 0.577 bits per heavy atom. The first kappa shape index (κ1) is 66.8. The maximum atomic E-state index is 12.8. The van der Waals surface area contributed by atoms with Crippen molar-refractivity contribution < 1.29 is 28.6 Å². The van der Waals surface area contributed by atoms with Crippen molar-refractivity contribution in [3.63, 3.8) is 0 Å². The summed E-state index contributed by atoms with van der Waals surface area (Å²) in [6.45, 7) is 6.32. The summed E-state index contributed by atoms with van der Waals surface area (Å²) < 4.78 is 16.8. The van der Waals surface area contributed by atoms with Gasteiger partial charge in [0.2, 0.25) is 0 Å². The van der Waals surface area contributed by atoms with Crippen LogP contribution in [0, 0.1) is 0 Å². The van der Waals surface area contributed by atoms with Gasteiger partial charge in [0.25, 0.3) is 0 Å². The van der Waals surface area contributed by atoms with Gasteiger partial charge in [-0.3, -0.25) is 14.4 Å². The van der Waals surface area contributed by atoms with Crippen molar-refractivity contribution in [1.82, 2.24) is 0 Å². The molecule has 0 rings (SSSR count). The summed E-state index contributed by atoms with van der Waals surface area (Å²) in [6.07, 6.45) is 80.7. The smallest absolute Gasteiger partial charge is 0.306 e. The van der Waals surface area contributed by atoms with E-state index in [1.807, 2.05) is 12.2 Å². The van der Waals surface area contributed by atoms with E-state index in [1.165, 1.54) is 103 Å². The zero-order valence-electron chi connectivity index (χ0n) is 45.9. The Balaban J connectivity index is 4.52. The molecule has 1 atom stereocenters. The number of unbranched alkanes of at least 4 members (excludes halogenated alkanes) is 20. The van der Waals surface area contributed by atoms with Crippen LogP contribution >= 0.6 is 0 Å². The van der Waals surface area contributed by atoms with Crippen molar-refractivity contribution in [1.29, 1.82) is 0 Å². The average molecular weight is 984 g/mol. The normalized spacial score (nSPS) is 13.0. The van der Waals surface area contributed by atoms with Crippen LogP contribution in [0.4, 0.5) is 0 Å². The molecule has 0 unspecified atom stereocenters. The minimum absolute atomic E-state index is 0.119. The van der Waals surface area contributed by atoms with Gasteiger partial charge in [0, 0.05) is 19.3 Å². The molecular weight excluding hydrogens is 877 g/mol. The standard InChI is InChI=1S/C65H106O6/c1-4-7-10-13-16-19-22-25-28-30-32-34-37-39-42-45-48-51-54-57-63(66)69-60-62(71-65(68)59-56-53-50-47-44-41-36-27-24-21-18-15-12-9-6-3)61-70-64(67)58-55-52-49-46-43-40-38-35-33-31-29-26-23-20-17-14-11-8-5-2/h7,9-10,12,16,18-19,21,25,27-28,32,34,36,39,42,44,47-48,51,62H,4-6,8,11,13-15,17,20,22-24,26,29-31,33,35,37-38,40-41,43,45-46,49-50,52-61H2,1-3H3/b10-7-,12-9-,19-16-,21-18-,28-25-,34-32-,36-27-,42-39-,47-44-,51-48-/t62-/m1/s1. The second-order valence-electron chi connectivity index (χ2n) is 18.8. The molecular formula is C65H106O6. The summed E-state index contributed by atoms with van der Waals surface area (Å²) >= 11 is 0. The van der Waals surface area contributed by atoms with E-state index < -0.39 is 6.10 Å². The fraction of sp³-hybridized carbons (Fsp3) is 0.646. The molecule has 6 heteroatoms. The number of rotatable bonds is 51. The molecule has 0 aromatic heterocycles. The third-order valence-corrected chi connectivity index (χ3v) is 12.0. The van der Waals surface area contributed by atoms with E-state index in [2.05, 4.69) is 130 Å². The van der Waals surface area contributed by atoms with Crippen LogP contribution in [0.3, 0.4) is 0 Å². The summed E-state index contributed by atoms with van der Waals surface area (Å²) in [5.74, 6) is -1.05. The van der Waals surface area contributed by atoms with Gasteiger partial charge in [-0.2, -0.15) is 0 Å². The highest BCUT2D eigenvalue weighted by atomic mass is 16.6. The van der Waals surface area contributed by atoms with E-state index in [-0.39, 0.29) is 44.0 Å². The molecule has 402 valence electrons. The van der Waals surface area contributed by atoms with Crippen LogP contribution < -0.4 is 0 Å². The van der Waals surface area contributed by atoms with Crippen LogP contribution in [0.1, 0.15) is 252 Å². The monoisotopic (exact) mass is 983 g/mol. The molecule has 0 saturated carbocycles. The maximum absolute atomic E-state index is 12.8. The van der Waals surface area contributed by atoms with E-state index in [0.29, 0.717) is 19.3 Å². The second-order valence-corrected chi connectivity index (χ2v) is 18.8. The molecule has 0 fully saturated rings. The lowest BCUT2D eigenvalue weighted by atomic mass is 10.0. The first-order valence-electron chi connectivity index (χ1n) is 29.0. The van der Waals surface area contributed by atoms with Crippen molar-refractivity contribution >= 4 is 17.9 Å². The predicted octanol–water partition coefficient (Wildman–Crippen LogP) is 19.6. The average Bonchev–Trinajstić information content (AvgIpc) is 3.37. The molecule has 0 radical (unpaired) electrons. The lowest BCUT2D eigenvalue weighted by molar-refractivity contribution is -0.166. The lowest BCUT2D eigenvalue weighted by Gasteiger charge is -2.18. The predicted molar refractivity (Wildman–Crippen MR) is 306 cm³/mol. The molecule has 0 N–H and O–H groups in total. The van der Waals surface area contributed by atoms with Crippen molar-refractivity contribution in [2.75, 3.05) is 13.2 Å². The van der Waals surface area contributed by atoms with Gasteiger partial charge in [-0.05, 0) is 96.3 Å². The van der Waals surface area contributed by atoms with Crippen LogP contribution in [-0.2, 0) is 28.6 Å². The quantitative estimate of drug-likeness (QED) is 0.0261. The number of esters is 3. The van der Waals surface area contributed by atoms with E-state index in [9.17, 15) is 14.4 Å². The number of carbonyl (C=O) groups excluding carboxylic acids is 3. The Morgan fingerprint density at radius 3 is 0.944 bits per heavy atom. The highest BCUT2D eigenvalue weighted by Gasteiger charge is 2.19. The van der Waals surface area contributed by atoms with Crippen molar-refractivity contribution in [2.24, 2.45) is 0 Å². The Bertz CT molecular complexity index is 1500. The van der Waals surface area contributed by atoms with E-state index in [4.69, 9.17) is 14.2 Å². The number of hydrogen-bond acceptors (Lipinski definition) is 6. The van der Waals surface area contributed by atoms with Gasteiger partial charge >= 0.3 is 17.9 Å². The number of hydrogen-bond donors (Lipinski definition) is 0. The minimum Gasteiger partial charge on any atom is -0.462 e. The molecule has 71 heavy (non-hydrogen) atoms. The summed E-state index contributed by atoms with van der Waals surface area (Å²) in [5, 5.41) is 0. The van der Waals surface area contributed by atoms with Crippen molar-refractivity contribution in [3.8, 4) is 0 Å². The van der Waals surface area contributed by atoms with Gasteiger partial charge in [0.05, 0.1) is 0 Å².